The molecular formula is C17H25N5O2. The number of carbonyl (C=O) groups excluding carboxylic acids is 1. The van der Waals surface area contributed by atoms with Crippen molar-refractivity contribution in [2.45, 2.75) is 31.7 Å². The Morgan fingerprint density at radius 3 is 2.75 bits per heavy atom. The average Bonchev–Trinajstić information content (AvgIpc) is 2.60. The molecule has 2 amide bonds. The summed E-state index contributed by atoms with van der Waals surface area (Å²) in [5.74, 6) is 0.958. The van der Waals surface area contributed by atoms with Gasteiger partial charge in [0, 0.05) is 33.2 Å². The molecule has 7 nitrogen and oxygen atoms in total. The number of rotatable bonds is 2. The molecule has 2 saturated heterocycles. The van der Waals surface area contributed by atoms with Gasteiger partial charge in [-0.1, -0.05) is 0 Å². The molecule has 4 rings (SSSR count). The van der Waals surface area contributed by atoms with Gasteiger partial charge in [-0.25, -0.2) is 4.79 Å². The Morgan fingerprint density at radius 1 is 1.21 bits per heavy atom. The van der Waals surface area contributed by atoms with Gasteiger partial charge in [0.05, 0.1) is 24.9 Å². The monoisotopic (exact) mass is 331 g/mol. The minimum Gasteiger partial charge on any atom is -0.378 e. The van der Waals surface area contributed by atoms with Crippen LogP contribution in [0.4, 0.5) is 10.6 Å². The van der Waals surface area contributed by atoms with Crippen molar-refractivity contribution >= 4 is 11.8 Å². The van der Waals surface area contributed by atoms with Crippen LogP contribution in [0.2, 0.25) is 0 Å². The molecule has 7 heteroatoms. The fourth-order valence-corrected chi connectivity index (χ4v) is 3.65. The molecule has 1 aliphatic carbocycles. The predicted molar refractivity (Wildman–Crippen MR) is 90.2 cm³/mol. The smallest absolute Gasteiger partial charge is 0.320 e. The largest absolute Gasteiger partial charge is 0.378 e. The number of hydrogen-bond donors (Lipinski definition) is 0. The van der Waals surface area contributed by atoms with E-state index in [1.165, 1.54) is 24.1 Å². The van der Waals surface area contributed by atoms with E-state index in [0.717, 1.165) is 31.7 Å². The Morgan fingerprint density at radius 2 is 1.96 bits per heavy atom. The van der Waals surface area contributed by atoms with Crippen LogP contribution >= 0.6 is 0 Å². The van der Waals surface area contributed by atoms with Gasteiger partial charge in [-0.2, -0.15) is 5.10 Å². The number of urea groups is 1. The van der Waals surface area contributed by atoms with E-state index >= 15 is 0 Å². The molecule has 0 N–H and O–H groups in total. The van der Waals surface area contributed by atoms with Crippen LogP contribution in [0.5, 0.6) is 0 Å². The van der Waals surface area contributed by atoms with Crippen LogP contribution in [-0.4, -0.2) is 78.5 Å². The van der Waals surface area contributed by atoms with Crippen molar-refractivity contribution in [3.8, 4) is 0 Å². The quantitative estimate of drug-likeness (QED) is 0.807. The third-order valence-electron chi connectivity index (χ3n) is 5.37. The van der Waals surface area contributed by atoms with Crippen LogP contribution in [-0.2, 0) is 17.6 Å². The maximum absolute atomic E-state index is 12.5. The Bertz CT molecular complexity index is 611. The zero-order chi connectivity index (χ0) is 16.5. The summed E-state index contributed by atoms with van der Waals surface area (Å²) in [6.07, 6.45) is 4.64. The summed E-state index contributed by atoms with van der Waals surface area (Å²) in [4.78, 5) is 18.5. The molecule has 0 aromatic carbocycles. The molecular weight excluding hydrogens is 306 g/mol. The molecule has 1 aromatic heterocycles. The third-order valence-corrected chi connectivity index (χ3v) is 5.37. The number of amides is 2. The minimum absolute atomic E-state index is 0.111. The minimum atomic E-state index is 0.111. The molecule has 2 aliphatic heterocycles. The van der Waals surface area contributed by atoms with Gasteiger partial charge in [-0.3, -0.25) is 0 Å². The lowest BCUT2D eigenvalue weighted by atomic mass is 9.96. The van der Waals surface area contributed by atoms with E-state index in [1.54, 1.807) is 0 Å². The molecule has 24 heavy (non-hydrogen) atoms. The molecule has 0 bridgehead atoms. The highest BCUT2D eigenvalue weighted by Crippen LogP contribution is 2.26. The summed E-state index contributed by atoms with van der Waals surface area (Å²) >= 11 is 0. The number of fused-ring (bicyclic) bond motifs is 1. The third kappa shape index (κ3) is 2.92. The van der Waals surface area contributed by atoms with E-state index in [0.29, 0.717) is 26.3 Å². The van der Waals surface area contributed by atoms with Gasteiger partial charge in [0.15, 0.2) is 5.82 Å². The van der Waals surface area contributed by atoms with Gasteiger partial charge >= 0.3 is 6.03 Å². The first-order valence-corrected chi connectivity index (χ1v) is 8.92. The highest BCUT2D eigenvalue weighted by molar-refractivity contribution is 5.75. The van der Waals surface area contributed by atoms with Crippen molar-refractivity contribution in [2.75, 3.05) is 51.3 Å². The van der Waals surface area contributed by atoms with Crippen LogP contribution in [0, 0.1) is 0 Å². The van der Waals surface area contributed by atoms with Gasteiger partial charge in [0.25, 0.3) is 0 Å². The van der Waals surface area contributed by atoms with Crippen molar-refractivity contribution in [1.82, 2.24) is 20.0 Å². The van der Waals surface area contributed by atoms with Crippen LogP contribution in [0.3, 0.4) is 0 Å². The zero-order valence-corrected chi connectivity index (χ0v) is 14.3. The van der Waals surface area contributed by atoms with Crippen LogP contribution < -0.4 is 4.90 Å². The highest BCUT2D eigenvalue weighted by atomic mass is 16.5. The van der Waals surface area contributed by atoms with E-state index < -0.39 is 0 Å². The Labute approximate surface area is 142 Å². The molecule has 130 valence electrons. The number of anilines is 1. The Balaban J connectivity index is 1.35. The molecule has 0 atom stereocenters. The predicted octanol–water partition coefficient (Wildman–Crippen LogP) is 0.928. The standard InChI is InChI=1S/C17H25N5O2/c1-20(17(23)21-6-8-24-9-7-21)14-11-22(12-14)16-10-13-4-2-3-5-15(13)18-19-16/h10,14H,2-9,11-12H2,1H3. The lowest BCUT2D eigenvalue weighted by molar-refractivity contribution is 0.0407. The maximum atomic E-state index is 12.5. The molecule has 2 fully saturated rings. The fraction of sp³-hybridized carbons (Fsp3) is 0.706. The number of aromatic nitrogens is 2. The normalized spacial score (nSPS) is 21.2. The highest BCUT2D eigenvalue weighted by Gasteiger charge is 2.35. The van der Waals surface area contributed by atoms with E-state index in [9.17, 15) is 4.79 Å². The van der Waals surface area contributed by atoms with Gasteiger partial charge < -0.3 is 19.4 Å². The van der Waals surface area contributed by atoms with Crippen LogP contribution in [0.25, 0.3) is 0 Å². The second-order valence-corrected chi connectivity index (χ2v) is 6.93. The Kier molecular flexibility index (Phi) is 4.26. The average molecular weight is 331 g/mol. The number of ether oxygens (including phenoxy) is 1. The summed E-state index contributed by atoms with van der Waals surface area (Å²) in [6.45, 7) is 4.33. The number of carbonyl (C=O) groups is 1. The molecule has 0 saturated carbocycles. The molecule has 3 aliphatic rings. The van der Waals surface area contributed by atoms with Gasteiger partial charge in [-0.05, 0) is 37.3 Å². The summed E-state index contributed by atoms with van der Waals surface area (Å²) < 4.78 is 5.31. The molecule has 0 spiro atoms. The summed E-state index contributed by atoms with van der Waals surface area (Å²) in [7, 11) is 1.90. The molecule has 3 heterocycles. The summed E-state index contributed by atoms with van der Waals surface area (Å²) in [5, 5.41) is 8.79. The van der Waals surface area contributed by atoms with Crippen molar-refractivity contribution in [3.05, 3.63) is 17.3 Å². The number of nitrogens with zero attached hydrogens (tertiary/aromatic N) is 5. The lowest BCUT2D eigenvalue weighted by Gasteiger charge is -2.46. The second-order valence-electron chi connectivity index (χ2n) is 6.93. The number of aryl methyl sites for hydroxylation is 2. The van der Waals surface area contributed by atoms with E-state index in [4.69, 9.17) is 4.74 Å². The molecule has 1 aromatic rings. The van der Waals surface area contributed by atoms with Gasteiger partial charge in [0.2, 0.25) is 0 Å². The Hall–Kier alpha value is -1.89. The number of morpholine rings is 1. The van der Waals surface area contributed by atoms with E-state index in [2.05, 4.69) is 21.2 Å². The number of likely N-dealkylation sites (N-methyl/N-ethyl adjacent to an activating group) is 1. The fourth-order valence-electron chi connectivity index (χ4n) is 3.65. The topological polar surface area (TPSA) is 61.8 Å². The van der Waals surface area contributed by atoms with Gasteiger partial charge in [-0.15, -0.1) is 5.10 Å². The summed E-state index contributed by atoms with van der Waals surface area (Å²) in [6, 6.07) is 2.55. The first-order valence-electron chi connectivity index (χ1n) is 8.92. The van der Waals surface area contributed by atoms with E-state index in [1.807, 2.05) is 16.8 Å². The van der Waals surface area contributed by atoms with Crippen molar-refractivity contribution in [2.24, 2.45) is 0 Å². The van der Waals surface area contributed by atoms with Crippen LogP contribution in [0.15, 0.2) is 6.07 Å². The van der Waals surface area contributed by atoms with Gasteiger partial charge in [0.1, 0.15) is 0 Å². The first kappa shape index (κ1) is 15.6. The van der Waals surface area contributed by atoms with Crippen molar-refractivity contribution in [3.63, 3.8) is 0 Å². The number of hydrogen-bond acceptors (Lipinski definition) is 5. The lowest BCUT2D eigenvalue weighted by Crippen LogP contribution is -2.62. The summed E-state index contributed by atoms with van der Waals surface area (Å²) in [5.41, 5.74) is 2.52. The molecule has 0 unspecified atom stereocenters. The molecule has 0 radical (unpaired) electrons. The second kappa shape index (κ2) is 6.55. The van der Waals surface area contributed by atoms with Crippen molar-refractivity contribution < 1.29 is 9.53 Å². The maximum Gasteiger partial charge on any atom is 0.320 e. The van der Waals surface area contributed by atoms with E-state index in [-0.39, 0.29) is 12.1 Å². The van der Waals surface area contributed by atoms with Crippen molar-refractivity contribution in [1.29, 1.82) is 0 Å². The first-order chi connectivity index (χ1) is 11.7. The zero-order valence-electron chi connectivity index (χ0n) is 14.3. The SMILES string of the molecule is CN(C(=O)N1CCOCC1)C1CN(c2cc3c(nn2)CCCC3)C1. The van der Waals surface area contributed by atoms with Crippen LogP contribution in [0.1, 0.15) is 24.1 Å².